The van der Waals surface area contributed by atoms with Gasteiger partial charge in [0.05, 0.1) is 17.9 Å². The fourth-order valence-corrected chi connectivity index (χ4v) is 1.63. The predicted molar refractivity (Wildman–Crippen MR) is 68.7 cm³/mol. The second kappa shape index (κ2) is 6.77. The van der Waals surface area contributed by atoms with Gasteiger partial charge in [0, 0.05) is 19.3 Å². The van der Waals surface area contributed by atoms with Gasteiger partial charge in [0.15, 0.2) is 0 Å². The second-order valence-corrected chi connectivity index (χ2v) is 3.95. The largest absolute Gasteiger partial charge is 0.356 e. The molecule has 1 aromatic heterocycles. The first-order valence-electron chi connectivity index (χ1n) is 5.93. The summed E-state index contributed by atoms with van der Waals surface area (Å²) in [5.74, 6) is -0.519. The second-order valence-electron chi connectivity index (χ2n) is 3.95. The lowest BCUT2D eigenvalue weighted by Gasteiger charge is -2.24. The summed E-state index contributed by atoms with van der Waals surface area (Å²) in [5.41, 5.74) is 0.423. The predicted octanol–water partition coefficient (Wildman–Crippen LogP) is -0.363. The van der Waals surface area contributed by atoms with Crippen LogP contribution in [0.3, 0.4) is 0 Å². The number of morpholine rings is 1. The fraction of sp³-hybridized carbons (Fsp3) is 0.308. The third-order valence-corrected chi connectivity index (χ3v) is 2.55. The minimum Gasteiger partial charge on any atom is -0.356 e. The van der Waals surface area contributed by atoms with Crippen LogP contribution in [0.1, 0.15) is 5.69 Å². The molecule has 2 N–H and O–H groups in total. The first-order valence-corrected chi connectivity index (χ1v) is 5.93. The molecule has 0 aliphatic carbocycles. The Morgan fingerprint density at radius 3 is 3.11 bits per heavy atom. The van der Waals surface area contributed by atoms with Gasteiger partial charge in [-0.1, -0.05) is 6.07 Å². The number of pyridine rings is 1. The number of carbonyl (C=O) groups excluding carboxylic acids is 2. The number of nitrogens with one attached hydrogen (secondary N) is 2. The number of aromatic nitrogens is 1. The summed E-state index contributed by atoms with van der Waals surface area (Å²) >= 11 is 0. The molecule has 1 saturated heterocycles. The number of ether oxygens (including phenoxy) is 1. The molecule has 1 amide bonds. The minimum absolute atomic E-state index is 0.104. The minimum atomic E-state index is -0.519. The van der Waals surface area contributed by atoms with Crippen molar-refractivity contribution in [1.29, 1.82) is 0 Å². The molecule has 1 aliphatic rings. The van der Waals surface area contributed by atoms with Gasteiger partial charge in [0.1, 0.15) is 6.23 Å². The standard InChI is InChI=1S/C13H14N3O3/c17-9-10(7-11-3-1-2-4-15-11)13(18)16-12-8-14-5-6-19-12/h1-4,7,12,14H,5-6,8H2,(H,16,18)/b10-7+. The number of rotatable bonds is 4. The van der Waals surface area contributed by atoms with Gasteiger partial charge in [-0.2, -0.15) is 0 Å². The molecule has 6 heteroatoms. The maximum absolute atomic E-state index is 11.9. The summed E-state index contributed by atoms with van der Waals surface area (Å²) in [7, 11) is 0. The average Bonchev–Trinajstić information content (AvgIpc) is 2.47. The molecule has 0 spiro atoms. The first-order chi connectivity index (χ1) is 9.29. The van der Waals surface area contributed by atoms with Gasteiger partial charge < -0.3 is 15.4 Å². The zero-order valence-electron chi connectivity index (χ0n) is 10.3. The van der Waals surface area contributed by atoms with Gasteiger partial charge in [-0.05, 0) is 18.2 Å². The van der Waals surface area contributed by atoms with E-state index in [0.717, 1.165) is 6.54 Å². The van der Waals surface area contributed by atoms with Crippen molar-refractivity contribution in [1.82, 2.24) is 15.6 Å². The van der Waals surface area contributed by atoms with Crippen LogP contribution in [0.2, 0.25) is 0 Å². The molecule has 2 rings (SSSR count). The highest BCUT2D eigenvalue weighted by molar-refractivity contribution is 6.14. The highest BCUT2D eigenvalue weighted by Gasteiger charge is 2.18. The molecule has 6 nitrogen and oxygen atoms in total. The van der Waals surface area contributed by atoms with Crippen molar-refractivity contribution in [3.05, 3.63) is 35.7 Å². The summed E-state index contributed by atoms with van der Waals surface area (Å²) in [4.78, 5) is 26.7. The lowest BCUT2D eigenvalue weighted by atomic mass is 10.2. The molecule has 1 aliphatic heterocycles. The first kappa shape index (κ1) is 13.4. The molecule has 0 bridgehead atoms. The Kier molecular flexibility index (Phi) is 4.77. The number of hydrogen-bond acceptors (Lipinski definition) is 5. The number of carbonyl (C=O) groups is 1. The SMILES string of the molecule is O=[C]/C(=C\c1ccccn1)C(=O)NC1CNCCO1. The fourth-order valence-electron chi connectivity index (χ4n) is 1.63. The monoisotopic (exact) mass is 260 g/mol. The van der Waals surface area contributed by atoms with Crippen LogP contribution in [0.25, 0.3) is 6.08 Å². The van der Waals surface area contributed by atoms with Gasteiger partial charge >= 0.3 is 0 Å². The molecule has 1 fully saturated rings. The Morgan fingerprint density at radius 2 is 2.47 bits per heavy atom. The average molecular weight is 260 g/mol. The van der Waals surface area contributed by atoms with Crippen LogP contribution in [-0.4, -0.2) is 43.1 Å². The highest BCUT2D eigenvalue weighted by atomic mass is 16.5. The van der Waals surface area contributed by atoms with E-state index >= 15 is 0 Å². The molecule has 0 saturated carbocycles. The zero-order chi connectivity index (χ0) is 13.5. The Bertz CT molecular complexity index is 467. The summed E-state index contributed by atoms with van der Waals surface area (Å²) in [6.45, 7) is 1.79. The molecule has 1 radical (unpaired) electrons. The number of amides is 1. The topological polar surface area (TPSA) is 80.3 Å². The maximum Gasteiger partial charge on any atom is 0.257 e. The van der Waals surface area contributed by atoms with Gasteiger partial charge in [-0.3, -0.25) is 14.6 Å². The lowest BCUT2D eigenvalue weighted by Crippen LogP contribution is -2.49. The number of hydrogen-bond donors (Lipinski definition) is 2. The van der Waals surface area contributed by atoms with Gasteiger partial charge in [0.25, 0.3) is 5.91 Å². The van der Waals surface area contributed by atoms with Crippen LogP contribution in [0.5, 0.6) is 0 Å². The van der Waals surface area contributed by atoms with Crippen molar-refractivity contribution in [3.8, 4) is 0 Å². The molecule has 1 unspecified atom stereocenters. The van der Waals surface area contributed by atoms with Gasteiger partial charge in [-0.15, -0.1) is 0 Å². The van der Waals surface area contributed by atoms with E-state index in [4.69, 9.17) is 4.74 Å². The highest BCUT2D eigenvalue weighted by Crippen LogP contribution is 2.03. The van der Waals surface area contributed by atoms with E-state index in [1.807, 2.05) is 0 Å². The van der Waals surface area contributed by atoms with Crippen LogP contribution in [0, 0.1) is 0 Å². The Balaban J connectivity index is 2.02. The van der Waals surface area contributed by atoms with Crippen molar-refractivity contribution < 1.29 is 14.3 Å². The van der Waals surface area contributed by atoms with Gasteiger partial charge in [0.2, 0.25) is 6.29 Å². The molecule has 1 atom stereocenters. The van der Waals surface area contributed by atoms with E-state index in [2.05, 4.69) is 15.6 Å². The van der Waals surface area contributed by atoms with Gasteiger partial charge in [-0.25, -0.2) is 0 Å². The normalized spacial score (nSPS) is 19.8. The molecular weight excluding hydrogens is 246 g/mol. The zero-order valence-corrected chi connectivity index (χ0v) is 10.3. The van der Waals surface area contributed by atoms with Crippen molar-refractivity contribution in [2.24, 2.45) is 0 Å². The van der Waals surface area contributed by atoms with E-state index in [0.29, 0.717) is 18.8 Å². The Morgan fingerprint density at radius 1 is 1.58 bits per heavy atom. The third-order valence-electron chi connectivity index (χ3n) is 2.55. The molecule has 2 heterocycles. The quantitative estimate of drug-likeness (QED) is 0.439. The molecule has 99 valence electrons. The van der Waals surface area contributed by atoms with Crippen molar-refractivity contribution in [2.45, 2.75) is 6.23 Å². The summed E-state index contributed by atoms with van der Waals surface area (Å²) in [5, 5.41) is 5.68. The summed E-state index contributed by atoms with van der Waals surface area (Å²) < 4.78 is 5.33. The smallest absolute Gasteiger partial charge is 0.257 e. The Labute approximate surface area is 110 Å². The van der Waals surface area contributed by atoms with Crippen LogP contribution in [-0.2, 0) is 14.3 Å². The third kappa shape index (κ3) is 3.97. The van der Waals surface area contributed by atoms with E-state index in [9.17, 15) is 9.59 Å². The van der Waals surface area contributed by atoms with Crippen molar-refractivity contribution in [2.75, 3.05) is 19.7 Å². The molecule has 19 heavy (non-hydrogen) atoms. The van der Waals surface area contributed by atoms with Crippen LogP contribution in [0.15, 0.2) is 30.0 Å². The number of nitrogens with zero attached hydrogens (tertiary/aromatic N) is 1. The van der Waals surface area contributed by atoms with E-state index < -0.39 is 12.1 Å². The van der Waals surface area contributed by atoms with E-state index in [1.54, 1.807) is 30.7 Å². The van der Waals surface area contributed by atoms with E-state index in [1.165, 1.54) is 6.08 Å². The lowest BCUT2D eigenvalue weighted by molar-refractivity contribution is -0.121. The van der Waals surface area contributed by atoms with Crippen LogP contribution < -0.4 is 10.6 Å². The van der Waals surface area contributed by atoms with Crippen LogP contribution in [0.4, 0.5) is 0 Å². The van der Waals surface area contributed by atoms with E-state index in [-0.39, 0.29) is 5.57 Å². The van der Waals surface area contributed by atoms with Crippen molar-refractivity contribution in [3.63, 3.8) is 0 Å². The molecular formula is C13H14N3O3. The molecule has 1 aromatic rings. The maximum atomic E-state index is 11.9. The van der Waals surface area contributed by atoms with Crippen molar-refractivity contribution >= 4 is 18.3 Å². The Hall–Kier alpha value is -2.05. The summed E-state index contributed by atoms with van der Waals surface area (Å²) in [6, 6.07) is 5.22. The van der Waals surface area contributed by atoms with Crippen LogP contribution >= 0.6 is 0 Å². The molecule has 0 aromatic carbocycles. The summed E-state index contributed by atoms with van der Waals surface area (Å²) in [6.07, 6.45) is 4.17.